The van der Waals surface area contributed by atoms with E-state index in [1.54, 1.807) is 4.90 Å². The van der Waals surface area contributed by atoms with Crippen molar-refractivity contribution >= 4 is 24.0 Å². The van der Waals surface area contributed by atoms with Crippen LogP contribution in [0.25, 0.3) is 0 Å². The number of anilines is 2. The molecule has 2 amide bonds. The molecule has 0 aromatic carbocycles. The molecule has 1 unspecified atom stereocenters. The van der Waals surface area contributed by atoms with Crippen molar-refractivity contribution in [2.75, 3.05) is 50.1 Å². The second-order valence-electron chi connectivity index (χ2n) is 7.75. The number of nitrogens with zero attached hydrogens (tertiary/aromatic N) is 5. The fourth-order valence-corrected chi connectivity index (χ4v) is 3.36. The summed E-state index contributed by atoms with van der Waals surface area (Å²) in [6.45, 7) is 3.82. The van der Waals surface area contributed by atoms with Crippen LogP contribution in [0.2, 0.25) is 0 Å². The molecule has 3 N–H and O–H groups in total. The van der Waals surface area contributed by atoms with Crippen molar-refractivity contribution < 1.29 is 28.0 Å². The highest BCUT2D eigenvalue weighted by molar-refractivity contribution is 5.80. The Bertz CT molecular complexity index is 758. The number of hydrazine groups is 1. The topological polar surface area (TPSA) is 114 Å². The maximum atomic E-state index is 13.6. The van der Waals surface area contributed by atoms with Gasteiger partial charge in [0.05, 0.1) is 24.3 Å². The van der Waals surface area contributed by atoms with Crippen LogP contribution in [-0.2, 0) is 15.8 Å². The van der Waals surface area contributed by atoms with Gasteiger partial charge in [0.2, 0.25) is 18.3 Å². The number of nitrogens with one attached hydrogen (secondary N) is 2. The van der Waals surface area contributed by atoms with Crippen molar-refractivity contribution in [2.45, 2.75) is 38.8 Å². The van der Waals surface area contributed by atoms with E-state index in [2.05, 4.69) is 20.8 Å². The SMILES string of the molecule is CCCCCC(CN(O)C=O)C(=O)NNc1ncc(N2CCN(C)CC2)c(C(F)(F)F)n1. The maximum absolute atomic E-state index is 13.6. The summed E-state index contributed by atoms with van der Waals surface area (Å²) in [6.07, 6.45) is -0.572. The Morgan fingerprint density at radius 2 is 2.00 bits per heavy atom. The van der Waals surface area contributed by atoms with Gasteiger partial charge in [-0.05, 0) is 13.5 Å². The molecule has 1 aromatic heterocycles. The second kappa shape index (κ2) is 11.8. The van der Waals surface area contributed by atoms with E-state index in [1.807, 2.05) is 18.9 Å². The summed E-state index contributed by atoms with van der Waals surface area (Å²) in [5, 5.41) is 9.78. The number of rotatable bonds is 11. The molecule has 2 rings (SSSR count). The molecule has 1 saturated heterocycles. The zero-order valence-corrected chi connectivity index (χ0v) is 18.2. The van der Waals surface area contributed by atoms with Gasteiger partial charge >= 0.3 is 6.18 Å². The number of amides is 2. The highest BCUT2D eigenvalue weighted by atomic mass is 19.4. The summed E-state index contributed by atoms with van der Waals surface area (Å²) in [6, 6.07) is 0. The lowest BCUT2D eigenvalue weighted by Crippen LogP contribution is -2.45. The third-order valence-electron chi connectivity index (χ3n) is 5.24. The molecule has 1 aromatic rings. The minimum absolute atomic E-state index is 0.109. The zero-order chi connectivity index (χ0) is 23.7. The van der Waals surface area contributed by atoms with Gasteiger partial charge in [-0.25, -0.2) is 15.0 Å². The fourth-order valence-electron chi connectivity index (χ4n) is 3.36. The van der Waals surface area contributed by atoms with Crippen molar-refractivity contribution in [3.8, 4) is 0 Å². The third kappa shape index (κ3) is 7.48. The monoisotopic (exact) mass is 461 g/mol. The van der Waals surface area contributed by atoms with Crippen LogP contribution in [0.15, 0.2) is 6.20 Å². The molecule has 13 heteroatoms. The van der Waals surface area contributed by atoms with Crippen molar-refractivity contribution in [1.29, 1.82) is 0 Å². The summed E-state index contributed by atoms with van der Waals surface area (Å²) < 4.78 is 40.9. The molecular formula is C19H30F3N7O3. The number of carbonyl (C=O) groups is 2. The Kier molecular flexibility index (Phi) is 9.44. The van der Waals surface area contributed by atoms with Gasteiger partial charge in [0.15, 0.2) is 5.69 Å². The Morgan fingerprint density at radius 1 is 1.31 bits per heavy atom. The number of carbonyl (C=O) groups excluding carboxylic acids is 2. The molecule has 10 nitrogen and oxygen atoms in total. The van der Waals surface area contributed by atoms with Crippen molar-refractivity contribution in [2.24, 2.45) is 5.92 Å². The van der Waals surface area contributed by atoms with Crippen LogP contribution in [-0.4, -0.2) is 77.2 Å². The number of alkyl halides is 3. The summed E-state index contributed by atoms with van der Waals surface area (Å²) >= 11 is 0. The lowest BCUT2D eigenvalue weighted by molar-refractivity contribution is -0.154. The molecule has 180 valence electrons. The van der Waals surface area contributed by atoms with Gasteiger partial charge in [0.25, 0.3) is 0 Å². The molecule has 1 aliphatic heterocycles. The van der Waals surface area contributed by atoms with E-state index in [-0.39, 0.29) is 18.6 Å². The van der Waals surface area contributed by atoms with Gasteiger partial charge < -0.3 is 9.80 Å². The number of aromatic nitrogens is 2. The minimum Gasteiger partial charge on any atom is -0.366 e. The van der Waals surface area contributed by atoms with Crippen LogP contribution in [0.1, 0.15) is 38.3 Å². The molecule has 1 aliphatic rings. The van der Waals surface area contributed by atoms with Crippen LogP contribution in [0.3, 0.4) is 0 Å². The number of hydrogen-bond donors (Lipinski definition) is 3. The first-order valence-corrected chi connectivity index (χ1v) is 10.5. The fraction of sp³-hybridized carbons (Fsp3) is 0.684. The van der Waals surface area contributed by atoms with Crippen LogP contribution < -0.4 is 15.8 Å². The summed E-state index contributed by atoms with van der Waals surface area (Å²) in [4.78, 5) is 34.3. The smallest absolute Gasteiger partial charge is 0.366 e. The summed E-state index contributed by atoms with van der Waals surface area (Å²) in [5.41, 5.74) is 3.41. The predicted molar refractivity (Wildman–Crippen MR) is 111 cm³/mol. The first-order chi connectivity index (χ1) is 15.2. The predicted octanol–water partition coefficient (Wildman–Crippen LogP) is 1.73. The standard InChI is InChI=1S/C19H30F3N7O3/c1-3-4-5-6-14(12-29(32)13-30)17(31)25-26-18-23-11-15(16(24-18)19(20,21)22)28-9-7-27(2)8-10-28/h11,13-14,32H,3-10,12H2,1-2H3,(H,25,31)(H,23,24,26). The highest BCUT2D eigenvalue weighted by Gasteiger charge is 2.38. The van der Waals surface area contributed by atoms with E-state index >= 15 is 0 Å². The summed E-state index contributed by atoms with van der Waals surface area (Å²) in [7, 11) is 1.90. The summed E-state index contributed by atoms with van der Waals surface area (Å²) in [5.74, 6) is -1.76. The van der Waals surface area contributed by atoms with Crippen LogP contribution >= 0.6 is 0 Å². The van der Waals surface area contributed by atoms with Gasteiger partial charge in [0.1, 0.15) is 0 Å². The van der Waals surface area contributed by atoms with Gasteiger partial charge in [-0.15, -0.1) is 0 Å². The third-order valence-corrected chi connectivity index (χ3v) is 5.24. The molecule has 0 radical (unpaired) electrons. The number of hydroxylamine groups is 2. The lowest BCUT2D eigenvalue weighted by atomic mass is 10.0. The van der Waals surface area contributed by atoms with E-state index in [9.17, 15) is 28.0 Å². The van der Waals surface area contributed by atoms with Crippen LogP contribution in [0.5, 0.6) is 0 Å². The molecule has 0 bridgehead atoms. The first kappa shape index (κ1) is 25.6. The normalized spacial score (nSPS) is 15.9. The van der Waals surface area contributed by atoms with Gasteiger partial charge in [-0.3, -0.25) is 25.6 Å². The van der Waals surface area contributed by atoms with Gasteiger partial charge in [-0.2, -0.15) is 13.2 Å². The molecule has 1 atom stereocenters. The molecular weight excluding hydrogens is 431 g/mol. The van der Waals surface area contributed by atoms with Gasteiger partial charge in [-0.1, -0.05) is 26.2 Å². The average molecular weight is 461 g/mol. The maximum Gasteiger partial charge on any atom is 0.435 e. The van der Waals surface area contributed by atoms with E-state index in [1.165, 1.54) is 0 Å². The van der Waals surface area contributed by atoms with Crippen molar-refractivity contribution in [3.05, 3.63) is 11.9 Å². The molecule has 2 heterocycles. The lowest BCUT2D eigenvalue weighted by Gasteiger charge is -2.34. The number of unbranched alkanes of at least 4 members (excludes halogenated alkanes) is 2. The molecule has 1 fully saturated rings. The molecule has 0 aliphatic carbocycles. The number of hydrogen-bond acceptors (Lipinski definition) is 8. The largest absolute Gasteiger partial charge is 0.435 e. The zero-order valence-electron chi connectivity index (χ0n) is 18.2. The number of likely N-dealkylation sites (N-methyl/N-ethyl adjacent to an activating group) is 1. The second-order valence-corrected chi connectivity index (χ2v) is 7.75. The van der Waals surface area contributed by atoms with Crippen LogP contribution in [0.4, 0.5) is 24.8 Å². The average Bonchev–Trinajstić information content (AvgIpc) is 2.76. The highest BCUT2D eigenvalue weighted by Crippen LogP contribution is 2.35. The van der Waals surface area contributed by atoms with Crippen molar-refractivity contribution in [1.82, 2.24) is 25.4 Å². The molecule has 0 spiro atoms. The van der Waals surface area contributed by atoms with E-state index < -0.39 is 29.6 Å². The Hall–Kier alpha value is -2.67. The van der Waals surface area contributed by atoms with E-state index in [0.717, 1.165) is 19.0 Å². The van der Waals surface area contributed by atoms with Gasteiger partial charge in [0, 0.05) is 26.2 Å². The first-order valence-electron chi connectivity index (χ1n) is 10.5. The van der Waals surface area contributed by atoms with Crippen LogP contribution in [0, 0.1) is 5.92 Å². The number of piperazine rings is 1. The number of halogens is 3. The Morgan fingerprint density at radius 3 is 2.59 bits per heavy atom. The van der Waals surface area contributed by atoms with Crippen molar-refractivity contribution in [3.63, 3.8) is 0 Å². The van der Waals surface area contributed by atoms with E-state index in [0.29, 0.717) is 44.1 Å². The molecule has 0 saturated carbocycles. The Labute approximate surface area is 184 Å². The minimum atomic E-state index is -4.70. The Balaban J connectivity index is 2.10. The molecule has 32 heavy (non-hydrogen) atoms. The quantitative estimate of drug-likeness (QED) is 0.198. The van der Waals surface area contributed by atoms with E-state index in [4.69, 9.17) is 0 Å².